The number of methoxy groups -OCH3 is 1. The minimum atomic E-state index is -1.02. The van der Waals surface area contributed by atoms with Gasteiger partial charge < -0.3 is 20.1 Å². The van der Waals surface area contributed by atoms with E-state index in [4.69, 9.17) is 4.74 Å². The molecule has 1 aliphatic heterocycles. The number of carbonyl (C=O) groups excluding carboxylic acids is 2. The lowest BCUT2D eigenvalue weighted by atomic mass is 10.1. The van der Waals surface area contributed by atoms with Crippen LogP contribution in [0.25, 0.3) is 0 Å². The second kappa shape index (κ2) is 9.99. The lowest BCUT2D eigenvalue weighted by molar-refractivity contribution is 0.0658. The number of aromatic nitrogens is 1. The Morgan fingerprint density at radius 1 is 1.27 bits per heavy atom. The van der Waals surface area contributed by atoms with Crippen molar-refractivity contribution in [1.82, 2.24) is 14.9 Å². The summed E-state index contributed by atoms with van der Waals surface area (Å²) in [4.78, 5) is 39.9. The van der Waals surface area contributed by atoms with Crippen LogP contribution in [0.1, 0.15) is 46.7 Å². The number of pyridine rings is 1. The van der Waals surface area contributed by atoms with Crippen LogP contribution in [0, 0.1) is 11.6 Å². The highest BCUT2D eigenvalue weighted by atomic mass is 19.1. The first-order valence-electron chi connectivity index (χ1n) is 10.4. The lowest BCUT2D eigenvalue weighted by Crippen LogP contribution is -2.57. The zero-order chi connectivity index (χ0) is 24.3. The number of halogens is 2. The number of amides is 2. The molecule has 2 N–H and O–H groups in total. The van der Waals surface area contributed by atoms with Gasteiger partial charge >= 0.3 is 0 Å². The third-order valence-electron chi connectivity index (χ3n) is 5.32. The van der Waals surface area contributed by atoms with Gasteiger partial charge in [-0.25, -0.2) is 8.78 Å². The number of rotatable bonds is 8. The van der Waals surface area contributed by atoms with Crippen molar-refractivity contribution in [3.05, 3.63) is 63.1 Å². The molecule has 2 aromatic rings. The summed E-state index contributed by atoms with van der Waals surface area (Å²) in [6, 6.07) is 2.77. The monoisotopic (exact) mass is 464 g/mol. The van der Waals surface area contributed by atoms with Crippen LogP contribution in [0.15, 0.2) is 29.2 Å². The van der Waals surface area contributed by atoms with Crippen LogP contribution in [0.4, 0.5) is 8.78 Å². The average Bonchev–Trinajstić information content (AvgIpc) is 2.76. The van der Waals surface area contributed by atoms with Gasteiger partial charge in [-0.1, -0.05) is 6.07 Å². The standard InChI is InChI=1S/C22H26F2N4O5/c1-13(2)28-12-26(7-4-8-33-3)22(32)18-20(30)19(29)16(11-27(18)28)21(31)25-10-14-5-6-15(23)9-17(14)24/h5-6,9,11,13,30H,4,7-8,10,12H2,1-3H3,(H,25,31). The van der Waals surface area contributed by atoms with Crippen LogP contribution >= 0.6 is 0 Å². The predicted octanol–water partition coefficient (Wildman–Crippen LogP) is 1.56. The summed E-state index contributed by atoms with van der Waals surface area (Å²) in [5.74, 6) is -3.85. The second-order valence-corrected chi connectivity index (χ2v) is 7.92. The van der Waals surface area contributed by atoms with E-state index in [9.17, 15) is 28.3 Å². The van der Waals surface area contributed by atoms with Crippen LogP contribution in [0.2, 0.25) is 0 Å². The molecule has 2 heterocycles. The van der Waals surface area contributed by atoms with Crippen molar-refractivity contribution in [2.45, 2.75) is 32.9 Å². The van der Waals surface area contributed by atoms with E-state index in [0.717, 1.165) is 6.07 Å². The summed E-state index contributed by atoms with van der Waals surface area (Å²) < 4.78 is 33.3. The second-order valence-electron chi connectivity index (χ2n) is 7.92. The van der Waals surface area contributed by atoms with E-state index in [1.54, 1.807) is 12.1 Å². The number of nitrogens with zero attached hydrogens (tertiary/aromatic N) is 3. The highest BCUT2D eigenvalue weighted by molar-refractivity contribution is 5.99. The molecule has 0 spiro atoms. The predicted molar refractivity (Wildman–Crippen MR) is 116 cm³/mol. The molecular formula is C22H26F2N4O5. The Kier molecular flexibility index (Phi) is 7.32. The Morgan fingerprint density at radius 2 is 2.00 bits per heavy atom. The molecule has 2 amide bonds. The van der Waals surface area contributed by atoms with Gasteiger partial charge in [0.25, 0.3) is 11.8 Å². The van der Waals surface area contributed by atoms with Gasteiger partial charge in [-0.2, -0.15) is 0 Å². The summed E-state index contributed by atoms with van der Waals surface area (Å²) in [5, 5.41) is 14.7. The molecular weight excluding hydrogens is 438 g/mol. The third-order valence-corrected chi connectivity index (χ3v) is 5.32. The molecule has 1 aliphatic rings. The van der Waals surface area contributed by atoms with E-state index >= 15 is 0 Å². The first kappa shape index (κ1) is 24.2. The number of nitrogens with one attached hydrogen (secondary N) is 1. The molecule has 0 bridgehead atoms. The van der Waals surface area contributed by atoms with Gasteiger partial charge in [0.1, 0.15) is 23.9 Å². The molecule has 1 aromatic heterocycles. The Bertz CT molecular complexity index is 1120. The topological polar surface area (TPSA) is 104 Å². The van der Waals surface area contributed by atoms with Crippen LogP contribution in [-0.2, 0) is 11.3 Å². The minimum Gasteiger partial charge on any atom is -0.502 e. The summed E-state index contributed by atoms with van der Waals surface area (Å²) in [6.07, 6.45) is 1.76. The first-order valence-corrected chi connectivity index (χ1v) is 10.4. The van der Waals surface area contributed by atoms with E-state index < -0.39 is 40.2 Å². The van der Waals surface area contributed by atoms with Gasteiger partial charge in [-0.3, -0.25) is 24.1 Å². The van der Waals surface area contributed by atoms with E-state index in [1.165, 1.54) is 21.8 Å². The summed E-state index contributed by atoms with van der Waals surface area (Å²) in [7, 11) is 1.55. The van der Waals surface area contributed by atoms with Crippen LogP contribution < -0.4 is 15.8 Å². The van der Waals surface area contributed by atoms with Crippen molar-refractivity contribution in [2.75, 3.05) is 31.9 Å². The molecule has 1 aromatic carbocycles. The zero-order valence-electron chi connectivity index (χ0n) is 18.6. The molecule has 0 atom stereocenters. The molecule has 0 radical (unpaired) electrons. The summed E-state index contributed by atoms with van der Waals surface area (Å²) in [6.45, 7) is 4.40. The van der Waals surface area contributed by atoms with E-state index in [1.807, 2.05) is 13.8 Å². The van der Waals surface area contributed by atoms with Crippen LogP contribution in [0.5, 0.6) is 5.75 Å². The molecule has 3 rings (SSSR count). The highest BCUT2D eigenvalue weighted by Crippen LogP contribution is 2.23. The van der Waals surface area contributed by atoms with Gasteiger partial charge in [0.05, 0.1) is 0 Å². The Balaban J connectivity index is 1.92. The molecule has 0 aliphatic carbocycles. The molecule has 0 unspecified atom stereocenters. The van der Waals surface area contributed by atoms with E-state index in [-0.39, 0.29) is 30.5 Å². The van der Waals surface area contributed by atoms with Gasteiger partial charge in [0.15, 0.2) is 11.4 Å². The van der Waals surface area contributed by atoms with Gasteiger partial charge in [0.2, 0.25) is 5.43 Å². The third kappa shape index (κ3) is 4.98. The maximum atomic E-state index is 13.8. The number of benzene rings is 1. The minimum absolute atomic E-state index is 0.0257. The highest BCUT2D eigenvalue weighted by Gasteiger charge is 2.35. The smallest absolute Gasteiger partial charge is 0.277 e. The fourth-order valence-corrected chi connectivity index (χ4v) is 3.53. The number of aromatic hydroxyl groups is 1. The van der Waals surface area contributed by atoms with Crippen molar-refractivity contribution < 1.29 is 28.2 Å². The van der Waals surface area contributed by atoms with Crippen molar-refractivity contribution in [3.8, 4) is 5.75 Å². The summed E-state index contributed by atoms with van der Waals surface area (Å²) >= 11 is 0. The van der Waals surface area contributed by atoms with Crippen molar-refractivity contribution in [3.63, 3.8) is 0 Å². The molecule has 11 heteroatoms. The Labute approximate surface area is 189 Å². The Morgan fingerprint density at radius 3 is 2.64 bits per heavy atom. The largest absolute Gasteiger partial charge is 0.502 e. The average molecular weight is 464 g/mol. The number of hydrogen-bond donors (Lipinski definition) is 2. The van der Waals surface area contributed by atoms with Crippen molar-refractivity contribution >= 4 is 11.8 Å². The normalized spacial score (nSPS) is 13.5. The van der Waals surface area contributed by atoms with Gasteiger partial charge in [-0.15, -0.1) is 0 Å². The number of ether oxygens (including phenoxy) is 1. The fourth-order valence-electron chi connectivity index (χ4n) is 3.53. The maximum absolute atomic E-state index is 13.8. The van der Waals surface area contributed by atoms with E-state index in [2.05, 4.69) is 5.32 Å². The molecule has 0 saturated carbocycles. The number of fused-ring (bicyclic) bond motifs is 1. The van der Waals surface area contributed by atoms with Crippen molar-refractivity contribution in [1.29, 1.82) is 0 Å². The Hall–Kier alpha value is -3.47. The SMILES string of the molecule is COCCCN1CN(C(C)C)n2cc(C(=O)NCc3ccc(F)cc3F)c(=O)c(O)c2C1=O. The molecule has 178 valence electrons. The molecule has 9 nitrogen and oxygen atoms in total. The number of carbonyl (C=O) groups is 2. The fraction of sp³-hybridized carbons (Fsp3) is 0.409. The van der Waals surface area contributed by atoms with Gasteiger partial charge in [-0.05, 0) is 26.3 Å². The molecule has 33 heavy (non-hydrogen) atoms. The quantitative estimate of drug-likeness (QED) is 0.575. The molecule has 0 fully saturated rings. The molecule has 0 saturated heterocycles. The van der Waals surface area contributed by atoms with E-state index in [0.29, 0.717) is 25.6 Å². The first-order chi connectivity index (χ1) is 15.6. The lowest BCUT2D eigenvalue weighted by Gasteiger charge is -2.42. The van der Waals surface area contributed by atoms with Crippen LogP contribution in [-0.4, -0.2) is 59.5 Å². The van der Waals surface area contributed by atoms with Crippen molar-refractivity contribution in [2.24, 2.45) is 0 Å². The number of hydrogen-bond acceptors (Lipinski definition) is 6. The van der Waals surface area contributed by atoms with Crippen LogP contribution in [0.3, 0.4) is 0 Å². The maximum Gasteiger partial charge on any atom is 0.277 e. The van der Waals surface area contributed by atoms with Gasteiger partial charge in [0, 0.05) is 50.7 Å². The zero-order valence-corrected chi connectivity index (χ0v) is 18.6. The summed E-state index contributed by atoms with van der Waals surface area (Å²) in [5.41, 5.74) is -1.64.